The molecule has 0 aliphatic carbocycles. The number of halogens is 3. The summed E-state index contributed by atoms with van der Waals surface area (Å²) in [5, 5.41) is 1.85. The number of carbonyl (C=O) groups is 1. The second kappa shape index (κ2) is 4.68. The van der Waals surface area contributed by atoms with Crippen molar-refractivity contribution in [1.29, 1.82) is 0 Å². The van der Waals surface area contributed by atoms with Crippen molar-refractivity contribution in [2.45, 2.75) is 6.43 Å². The molecular formula is C9H8F3NO2. The summed E-state index contributed by atoms with van der Waals surface area (Å²) >= 11 is 0. The maximum atomic E-state index is 13.0. The highest BCUT2D eigenvalue weighted by molar-refractivity contribution is 5.93. The number of nitrogens with one attached hydrogen (secondary N) is 1. The Hall–Kier alpha value is -1.72. The van der Waals surface area contributed by atoms with Crippen LogP contribution in [0.25, 0.3) is 0 Å². The molecule has 0 aliphatic rings. The minimum atomic E-state index is -3.13. The maximum Gasteiger partial charge on any atom is 0.315 e. The summed E-state index contributed by atoms with van der Waals surface area (Å²) < 4.78 is 41.3. The molecule has 0 atom stereocenters. The minimum absolute atomic E-state index is 0.0231. The molecule has 1 rings (SSSR count). The fourth-order valence-electron chi connectivity index (χ4n) is 0.941. The van der Waals surface area contributed by atoms with E-state index in [0.717, 1.165) is 6.07 Å². The molecule has 82 valence electrons. The quantitative estimate of drug-likeness (QED) is 0.844. The number of carbonyl (C=O) groups excluding carboxylic acids is 1. The third-order valence-electron chi connectivity index (χ3n) is 1.62. The molecule has 3 nitrogen and oxygen atoms in total. The number of hydrogen-bond acceptors (Lipinski definition) is 2. The Kier molecular flexibility index (Phi) is 3.54. The van der Waals surface area contributed by atoms with Crippen molar-refractivity contribution in [1.82, 2.24) is 0 Å². The first kappa shape index (κ1) is 11.4. The van der Waals surface area contributed by atoms with E-state index in [2.05, 4.69) is 4.74 Å². The maximum absolute atomic E-state index is 13.0. The normalized spacial score (nSPS) is 10.2. The summed E-state index contributed by atoms with van der Waals surface area (Å²) in [6.07, 6.45) is -3.13. The summed E-state index contributed by atoms with van der Waals surface area (Å²) in [5.41, 5.74) is -0.0430. The highest BCUT2D eigenvalue weighted by Gasteiger charge is 2.15. The van der Waals surface area contributed by atoms with E-state index in [1.165, 1.54) is 19.2 Å². The van der Waals surface area contributed by atoms with Crippen molar-refractivity contribution in [3.05, 3.63) is 24.0 Å². The van der Waals surface area contributed by atoms with E-state index in [4.69, 9.17) is 0 Å². The Morgan fingerprint density at radius 1 is 1.47 bits per heavy atom. The largest absolute Gasteiger partial charge is 0.494 e. The summed E-state index contributed by atoms with van der Waals surface area (Å²) in [7, 11) is 1.27. The van der Waals surface area contributed by atoms with Crippen LogP contribution in [0.1, 0.15) is 0 Å². The minimum Gasteiger partial charge on any atom is -0.494 e. The van der Waals surface area contributed by atoms with Crippen molar-refractivity contribution in [2.75, 3.05) is 12.4 Å². The van der Waals surface area contributed by atoms with Crippen molar-refractivity contribution in [3.8, 4) is 5.75 Å². The van der Waals surface area contributed by atoms with Crippen molar-refractivity contribution < 1.29 is 22.7 Å². The Balaban J connectivity index is 2.80. The first-order valence-electron chi connectivity index (χ1n) is 3.97. The monoisotopic (exact) mass is 219 g/mol. The van der Waals surface area contributed by atoms with Gasteiger partial charge in [-0.05, 0) is 12.1 Å². The second-order valence-electron chi connectivity index (χ2n) is 2.64. The van der Waals surface area contributed by atoms with Crippen molar-refractivity contribution >= 4 is 11.6 Å². The molecule has 0 saturated carbocycles. The van der Waals surface area contributed by atoms with Gasteiger partial charge in [0.1, 0.15) is 0 Å². The molecule has 0 radical (unpaired) electrons. The number of alkyl halides is 2. The molecule has 0 heterocycles. The first-order chi connectivity index (χ1) is 7.04. The zero-order chi connectivity index (χ0) is 11.4. The van der Waals surface area contributed by atoms with E-state index in [0.29, 0.717) is 0 Å². The van der Waals surface area contributed by atoms with Crippen LogP contribution < -0.4 is 10.1 Å². The van der Waals surface area contributed by atoms with Crippen LogP contribution in [0.4, 0.5) is 18.9 Å². The number of amides is 1. The summed E-state index contributed by atoms with van der Waals surface area (Å²) in [6.45, 7) is 0. The molecule has 1 aromatic rings. The second-order valence-corrected chi connectivity index (χ2v) is 2.64. The molecule has 0 fully saturated rings. The van der Waals surface area contributed by atoms with E-state index in [-0.39, 0.29) is 11.4 Å². The first-order valence-corrected chi connectivity index (χ1v) is 3.97. The van der Waals surface area contributed by atoms with Gasteiger partial charge >= 0.3 is 6.43 Å². The van der Waals surface area contributed by atoms with Gasteiger partial charge in [-0.2, -0.15) is 8.78 Å². The molecule has 0 aliphatic heterocycles. The molecule has 1 N–H and O–H groups in total. The molecule has 0 saturated heterocycles. The van der Waals surface area contributed by atoms with E-state index in [1.54, 1.807) is 0 Å². The van der Waals surface area contributed by atoms with Gasteiger partial charge in [-0.1, -0.05) is 0 Å². The van der Waals surface area contributed by atoms with Crippen LogP contribution in [0.15, 0.2) is 18.2 Å². The molecule has 0 aromatic heterocycles. The van der Waals surface area contributed by atoms with Gasteiger partial charge in [0.15, 0.2) is 11.6 Å². The summed E-state index contributed by atoms with van der Waals surface area (Å²) in [6, 6.07) is 3.40. The third-order valence-corrected chi connectivity index (χ3v) is 1.62. The number of benzene rings is 1. The number of ether oxygens (including phenoxy) is 1. The smallest absolute Gasteiger partial charge is 0.315 e. The fourth-order valence-corrected chi connectivity index (χ4v) is 0.941. The van der Waals surface area contributed by atoms with E-state index in [1.807, 2.05) is 5.32 Å². The van der Waals surface area contributed by atoms with Gasteiger partial charge in [-0.25, -0.2) is 4.39 Å². The van der Waals surface area contributed by atoms with E-state index >= 15 is 0 Å². The Morgan fingerprint density at radius 3 is 2.60 bits per heavy atom. The lowest BCUT2D eigenvalue weighted by atomic mass is 10.3. The van der Waals surface area contributed by atoms with Gasteiger partial charge in [0.25, 0.3) is 5.91 Å². The average molecular weight is 219 g/mol. The van der Waals surface area contributed by atoms with Crippen LogP contribution in [0.2, 0.25) is 0 Å². The standard InChI is InChI=1S/C9H8F3NO2/c1-15-7-3-2-5(4-6(7)10)13-9(14)8(11)12/h2-4,8H,1H3,(H,13,14). The SMILES string of the molecule is COc1ccc(NC(=O)C(F)F)cc1F. The molecule has 0 bridgehead atoms. The van der Waals surface area contributed by atoms with Crippen LogP contribution in [0.3, 0.4) is 0 Å². The summed E-state index contributed by atoms with van der Waals surface area (Å²) in [5.74, 6) is -2.23. The molecule has 0 spiro atoms. The van der Waals surface area contributed by atoms with Gasteiger partial charge in [0.05, 0.1) is 7.11 Å². The zero-order valence-electron chi connectivity index (χ0n) is 7.76. The molecule has 1 aromatic carbocycles. The number of methoxy groups -OCH3 is 1. The van der Waals surface area contributed by atoms with Gasteiger partial charge in [-0.15, -0.1) is 0 Å². The van der Waals surface area contributed by atoms with Gasteiger partial charge in [0.2, 0.25) is 0 Å². The van der Waals surface area contributed by atoms with Crippen molar-refractivity contribution in [2.24, 2.45) is 0 Å². The van der Waals surface area contributed by atoms with E-state index in [9.17, 15) is 18.0 Å². The molecule has 1 amide bonds. The number of anilines is 1. The third kappa shape index (κ3) is 2.87. The summed E-state index contributed by atoms with van der Waals surface area (Å²) in [4.78, 5) is 10.6. The van der Waals surface area contributed by atoms with Crippen molar-refractivity contribution in [3.63, 3.8) is 0 Å². The number of hydrogen-bond donors (Lipinski definition) is 1. The lowest BCUT2D eigenvalue weighted by molar-refractivity contribution is -0.126. The van der Waals surface area contributed by atoms with Crippen LogP contribution >= 0.6 is 0 Å². The van der Waals surface area contributed by atoms with Crippen LogP contribution in [0, 0.1) is 5.82 Å². The molecule has 6 heteroatoms. The fraction of sp³-hybridized carbons (Fsp3) is 0.222. The molecule has 15 heavy (non-hydrogen) atoms. The Morgan fingerprint density at radius 2 is 2.13 bits per heavy atom. The van der Waals surface area contributed by atoms with Gasteiger partial charge in [0, 0.05) is 11.8 Å². The Bertz CT molecular complexity index is 368. The molecule has 0 unspecified atom stereocenters. The van der Waals surface area contributed by atoms with E-state index < -0.39 is 18.1 Å². The predicted octanol–water partition coefficient (Wildman–Crippen LogP) is 2.04. The zero-order valence-corrected chi connectivity index (χ0v) is 7.76. The van der Waals surface area contributed by atoms with Gasteiger partial charge in [-0.3, -0.25) is 4.79 Å². The topological polar surface area (TPSA) is 38.3 Å². The average Bonchev–Trinajstić information content (AvgIpc) is 2.18. The predicted molar refractivity (Wildman–Crippen MR) is 47.6 cm³/mol. The molecular weight excluding hydrogens is 211 g/mol. The highest BCUT2D eigenvalue weighted by atomic mass is 19.3. The lowest BCUT2D eigenvalue weighted by Crippen LogP contribution is -2.20. The van der Waals surface area contributed by atoms with Crippen LogP contribution in [-0.4, -0.2) is 19.4 Å². The number of rotatable bonds is 3. The Labute approximate surface area is 83.8 Å². The van der Waals surface area contributed by atoms with Crippen LogP contribution in [0.5, 0.6) is 5.75 Å². The van der Waals surface area contributed by atoms with Crippen LogP contribution in [-0.2, 0) is 4.79 Å². The lowest BCUT2D eigenvalue weighted by Gasteiger charge is -2.06. The highest BCUT2D eigenvalue weighted by Crippen LogP contribution is 2.20. The van der Waals surface area contributed by atoms with Gasteiger partial charge < -0.3 is 10.1 Å².